The number of hydrogen-bond donors (Lipinski definition) is 2. The standard InChI is InChI=1S/C23H22F4N4O.ClH/c1-12-3-4-15(9-13(12)2)31-22(14-5-7-28-8-6-14)16(11-29-31)23(32)30-21-19(26)17(24)10-18(25)20(21)27;/h3-4,9-11,14,28H,5-8H2,1-2H3,(H,30,32);1H. The number of anilines is 1. The summed E-state index contributed by atoms with van der Waals surface area (Å²) < 4.78 is 57.0. The third kappa shape index (κ3) is 4.74. The molecule has 0 saturated carbocycles. The van der Waals surface area contributed by atoms with Crippen LogP contribution in [-0.2, 0) is 0 Å². The van der Waals surface area contributed by atoms with Crippen LogP contribution >= 0.6 is 12.4 Å². The first-order valence-electron chi connectivity index (χ1n) is 10.3. The van der Waals surface area contributed by atoms with Gasteiger partial charge in [-0.25, -0.2) is 22.2 Å². The summed E-state index contributed by atoms with van der Waals surface area (Å²) >= 11 is 0. The molecule has 0 radical (unpaired) electrons. The Morgan fingerprint density at radius 2 is 1.67 bits per heavy atom. The van der Waals surface area contributed by atoms with Crippen molar-refractivity contribution in [2.45, 2.75) is 32.6 Å². The summed E-state index contributed by atoms with van der Waals surface area (Å²) in [6.07, 6.45) is 2.77. The van der Waals surface area contributed by atoms with Gasteiger partial charge in [0.2, 0.25) is 0 Å². The minimum atomic E-state index is -1.66. The number of benzene rings is 2. The van der Waals surface area contributed by atoms with Gasteiger partial charge in [-0.15, -0.1) is 12.4 Å². The fourth-order valence-electron chi connectivity index (χ4n) is 3.95. The number of carbonyl (C=O) groups excluding carboxylic acids is 1. The second kappa shape index (κ2) is 9.93. The van der Waals surface area contributed by atoms with E-state index in [4.69, 9.17) is 0 Å². The Balaban J connectivity index is 0.00000306. The molecule has 33 heavy (non-hydrogen) atoms. The third-order valence-corrected chi connectivity index (χ3v) is 5.86. The summed E-state index contributed by atoms with van der Waals surface area (Å²) in [7, 11) is 0. The van der Waals surface area contributed by atoms with Crippen LogP contribution in [0.1, 0.15) is 45.9 Å². The molecule has 0 aliphatic carbocycles. The van der Waals surface area contributed by atoms with Crippen LogP contribution in [0.5, 0.6) is 0 Å². The molecule has 4 rings (SSSR count). The van der Waals surface area contributed by atoms with Crippen LogP contribution in [0.15, 0.2) is 30.5 Å². The van der Waals surface area contributed by atoms with Gasteiger partial charge in [0.15, 0.2) is 23.3 Å². The SMILES string of the molecule is Cc1ccc(-n2ncc(C(=O)Nc3c(F)c(F)cc(F)c3F)c2C2CCNCC2)cc1C.Cl. The van der Waals surface area contributed by atoms with Gasteiger partial charge in [0.05, 0.1) is 23.1 Å². The van der Waals surface area contributed by atoms with Gasteiger partial charge in [0.1, 0.15) is 5.69 Å². The number of piperidine rings is 1. The summed E-state index contributed by atoms with van der Waals surface area (Å²) in [6, 6.07) is 5.86. The number of aryl methyl sites for hydroxylation is 2. The highest BCUT2D eigenvalue weighted by atomic mass is 35.5. The van der Waals surface area contributed by atoms with Crippen LogP contribution in [0.2, 0.25) is 0 Å². The van der Waals surface area contributed by atoms with E-state index >= 15 is 0 Å². The Kier molecular flexibility index (Phi) is 7.44. The molecule has 1 aliphatic rings. The molecule has 1 amide bonds. The van der Waals surface area contributed by atoms with Gasteiger partial charge in [-0.1, -0.05) is 6.07 Å². The van der Waals surface area contributed by atoms with Crippen molar-refractivity contribution in [2.75, 3.05) is 18.4 Å². The van der Waals surface area contributed by atoms with Crippen LogP contribution in [0.25, 0.3) is 5.69 Å². The maximum atomic E-state index is 14.1. The molecule has 1 aliphatic heterocycles. The molecule has 1 saturated heterocycles. The molecule has 5 nitrogen and oxygen atoms in total. The third-order valence-electron chi connectivity index (χ3n) is 5.86. The molecule has 1 fully saturated rings. The van der Waals surface area contributed by atoms with Gasteiger partial charge >= 0.3 is 0 Å². The van der Waals surface area contributed by atoms with Crippen LogP contribution in [-0.4, -0.2) is 28.8 Å². The van der Waals surface area contributed by atoms with Crippen LogP contribution < -0.4 is 10.6 Å². The van der Waals surface area contributed by atoms with E-state index in [1.165, 1.54) is 6.20 Å². The van der Waals surface area contributed by atoms with Gasteiger partial charge in [-0.2, -0.15) is 5.10 Å². The van der Waals surface area contributed by atoms with Crippen molar-refractivity contribution in [3.63, 3.8) is 0 Å². The first-order chi connectivity index (χ1) is 15.3. The van der Waals surface area contributed by atoms with E-state index in [9.17, 15) is 22.4 Å². The van der Waals surface area contributed by atoms with Crippen molar-refractivity contribution in [1.29, 1.82) is 0 Å². The average molecular weight is 483 g/mol. The average Bonchev–Trinajstić information content (AvgIpc) is 3.23. The highest BCUT2D eigenvalue weighted by molar-refractivity contribution is 6.05. The number of carbonyl (C=O) groups is 1. The number of hydrogen-bond acceptors (Lipinski definition) is 3. The topological polar surface area (TPSA) is 59.0 Å². The minimum Gasteiger partial charge on any atom is -0.317 e. The monoisotopic (exact) mass is 482 g/mol. The maximum absolute atomic E-state index is 14.1. The zero-order valence-corrected chi connectivity index (χ0v) is 18.8. The number of nitrogens with one attached hydrogen (secondary N) is 2. The van der Waals surface area contributed by atoms with E-state index in [1.807, 2.05) is 37.4 Å². The lowest BCUT2D eigenvalue weighted by atomic mass is 9.91. The van der Waals surface area contributed by atoms with E-state index in [0.29, 0.717) is 5.69 Å². The van der Waals surface area contributed by atoms with Crippen molar-refractivity contribution >= 4 is 24.0 Å². The molecule has 10 heteroatoms. The number of rotatable bonds is 4. The zero-order valence-electron chi connectivity index (χ0n) is 18.0. The molecule has 2 heterocycles. The molecule has 0 spiro atoms. The lowest BCUT2D eigenvalue weighted by Gasteiger charge is -2.25. The van der Waals surface area contributed by atoms with Crippen molar-refractivity contribution in [3.8, 4) is 5.69 Å². The Bertz CT molecular complexity index is 1170. The van der Waals surface area contributed by atoms with E-state index in [1.54, 1.807) is 4.68 Å². The fourth-order valence-corrected chi connectivity index (χ4v) is 3.95. The fraction of sp³-hybridized carbons (Fsp3) is 0.304. The highest BCUT2D eigenvalue weighted by Gasteiger charge is 2.29. The van der Waals surface area contributed by atoms with Gasteiger partial charge in [0, 0.05) is 12.0 Å². The minimum absolute atomic E-state index is 0. The molecule has 0 bridgehead atoms. The van der Waals surface area contributed by atoms with E-state index in [-0.39, 0.29) is 30.0 Å². The van der Waals surface area contributed by atoms with E-state index < -0.39 is 34.9 Å². The quantitative estimate of drug-likeness (QED) is 0.397. The smallest absolute Gasteiger partial charge is 0.259 e. The maximum Gasteiger partial charge on any atom is 0.259 e. The first kappa shape index (κ1) is 24.7. The molecular weight excluding hydrogens is 460 g/mol. The Hall–Kier alpha value is -2.91. The first-order valence-corrected chi connectivity index (χ1v) is 10.3. The van der Waals surface area contributed by atoms with E-state index in [0.717, 1.165) is 42.7 Å². The molecule has 2 N–H and O–H groups in total. The Labute approximate surface area is 194 Å². The van der Waals surface area contributed by atoms with Crippen molar-refractivity contribution < 1.29 is 22.4 Å². The largest absolute Gasteiger partial charge is 0.317 e. The molecule has 0 atom stereocenters. The lowest BCUT2D eigenvalue weighted by Crippen LogP contribution is -2.29. The predicted octanol–water partition coefficient (Wildman–Crippen LogP) is 5.19. The second-order valence-corrected chi connectivity index (χ2v) is 7.95. The summed E-state index contributed by atoms with van der Waals surface area (Å²) in [5.74, 6) is -7.45. The number of aromatic nitrogens is 2. The summed E-state index contributed by atoms with van der Waals surface area (Å²) in [6.45, 7) is 5.42. The lowest BCUT2D eigenvalue weighted by molar-refractivity contribution is 0.102. The van der Waals surface area contributed by atoms with Crippen LogP contribution in [0.4, 0.5) is 23.2 Å². The zero-order chi connectivity index (χ0) is 23.0. The Morgan fingerprint density at radius 1 is 1.03 bits per heavy atom. The van der Waals surface area contributed by atoms with Crippen LogP contribution in [0.3, 0.4) is 0 Å². The predicted molar refractivity (Wildman–Crippen MR) is 119 cm³/mol. The number of halogens is 5. The summed E-state index contributed by atoms with van der Waals surface area (Å²) in [5.41, 5.74) is 2.40. The van der Waals surface area contributed by atoms with Crippen molar-refractivity contribution in [3.05, 3.63) is 76.1 Å². The number of amides is 1. The number of nitrogens with zero attached hydrogens (tertiary/aromatic N) is 2. The molecule has 0 unspecified atom stereocenters. The molecule has 2 aromatic carbocycles. The second-order valence-electron chi connectivity index (χ2n) is 7.95. The molecule has 3 aromatic rings. The van der Waals surface area contributed by atoms with Crippen molar-refractivity contribution in [1.82, 2.24) is 15.1 Å². The highest BCUT2D eigenvalue weighted by Crippen LogP contribution is 2.32. The molecular formula is C23H23ClF4N4O. The van der Waals surface area contributed by atoms with E-state index in [2.05, 4.69) is 10.4 Å². The van der Waals surface area contributed by atoms with Gasteiger partial charge in [-0.05, 0) is 63.0 Å². The Morgan fingerprint density at radius 3 is 2.27 bits per heavy atom. The summed E-state index contributed by atoms with van der Waals surface area (Å²) in [4.78, 5) is 13.0. The van der Waals surface area contributed by atoms with Gasteiger partial charge < -0.3 is 10.6 Å². The molecule has 176 valence electrons. The van der Waals surface area contributed by atoms with Crippen LogP contribution in [0, 0.1) is 37.1 Å². The van der Waals surface area contributed by atoms with Crippen molar-refractivity contribution in [2.24, 2.45) is 0 Å². The normalized spacial score (nSPS) is 14.1. The van der Waals surface area contributed by atoms with Gasteiger partial charge in [0.25, 0.3) is 5.91 Å². The molecule has 1 aromatic heterocycles. The van der Waals surface area contributed by atoms with Gasteiger partial charge in [-0.3, -0.25) is 4.79 Å². The summed E-state index contributed by atoms with van der Waals surface area (Å²) in [5, 5.41) is 9.63.